The average molecular weight is 267 g/mol. The second-order valence-electron chi connectivity index (χ2n) is 5.34. The molecule has 0 radical (unpaired) electrons. The van der Waals surface area contributed by atoms with Crippen molar-refractivity contribution in [1.29, 1.82) is 0 Å². The van der Waals surface area contributed by atoms with E-state index in [1.54, 1.807) is 4.68 Å². The minimum atomic E-state index is 0.195. The molecule has 2 N–H and O–H groups in total. The summed E-state index contributed by atoms with van der Waals surface area (Å²) in [6.07, 6.45) is 5.35. The van der Waals surface area contributed by atoms with Crippen LogP contribution in [0, 0.1) is 0 Å². The predicted octanol–water partition coefficient (Wildman–Crippen LogP) is 0.234. The molecule has 1 saturated heterocycles. The van der Waals surface area contributed by atoms with Crippen molar-refractivity contribution in [2.45, 2.75) is 45.3 Å². The minimum absolute atomic E-state index is 0.195. The Bertz CT molecular complexity index is 362. The molecule has 108 valence electrons. The Kier molecular flexibility index (Phi) is 5.75. The largest absolute Gasteiger partial charge is 0.396 e. The van der Waals surface area contributed by atoms with E-state index < -0.39 is 0 Å². The number of rotatable bonds is 8. The number of nitrogens with one attached hydrogen (secondary N) is 1. The minimum Gasteiger partial charge on any atom is -0.396 e. The van der Waals surface area contributed by atoms with Crippen LogP contribution < -0.4 is 5.32 Å². The van der Waals surface area contributed by atoms with Gasteiger partial charge >= 0.3 is 0 Å². The standard InChI is InChI=1S/C13H25N5O/c1-12(10-17-5-2-3-6-17)14-9-13-11-18(16-15-13)7-4-8-19/h11-12,14,19H,2-10H2,1H3. The number of aliphatic hydroxyl groups excluding tert-OH is 1. The van der Waals surface area contributed by atoms with E-state index in [4.69, 9.17) is 5.11 Å². The van der Waals surface area contributed by atoms with Crippen molar-refractivity contribution < 1.29 is 5.11 Å². The third kappa shape index (κ3) is 4.89. The van der Waals surface area contributed by atoms with Gasteiger partial charge in [0.25, 0.3) is 0 Å². The van der Waals surface area contributed by atoms with Gasteiger partial charge in [0.1, 0.15) is 0 Å². The first kappa shape index (κ1) is 14.4. The van der Waals surface area contributed by atoms with Crippen LogP contribution in [0.25, 0.3) is 0 Å². The summed E-state index contributed by atoms with van der Waals surface area (Å²) in [6, 6.07) is 0.473. The van der Waals surface area contributed by atoms with Gasteiger partial charge in [0.15, 0.2) is 0 Å². The van der Waals surface area contributed by atoms with E-state index in [9.17, 15) is 0 Å². The number of aromatic nitrogens is 3. The highest BCUT2D eigenvalue weighted by Crippen LogP contribution is 2.07. The van der Waals surface area contributed by atoms with Crippen molar-refractivity contribution in [2.75, 3.05) is 26.2 Å². The van der Waals surface area contributed by atoms with Crippen molar-refractivity contribution >= 4 is 0 Å². The summed E-state index contributed by atoms with van der Waals surface area (Å²) in [5.41, 5.74) is 0.964. The van der Waals surface area contributed by atoms with Crippen LogP contribution in [0.2, 0.25) is 0 Å². The zero-order chi connectivity index (χ0) is 13.5. The van der Waals surface area contributed by atoms with E-state index in [0.29, 0.717) is 6.04 Å². The van der Waals surface area contributed by atoms with E-state index in [0.717, 1.165) is 31.7 Å². The summed E-state index contributed by atoms with van der Waals surface area (Å²) in [5, 5.41) is 20.4. The van der Waals surface area contributed by atoms with Crippen LogP contribution in [0.5, 0.6) is 0 Å². The molecular weight excluding hydrogens is 242 g/mol. The van der Waals surface area contributed by atoms with Gasteiger partial charge in [-0.3, -0.25) is 4.68 Å². The Balaban J connectivity index is 1.67. The lowest BCUT2D eigenvalue weighted by Gasteiger charge is -2.20. The monoisotopic (exact) mass is 267 g/mol. The van der Waals surface area contributed by atoms with E-state index in [1.165, 1.54) is 25.9 Å². The molecule has 2 rings (SSSR count). The summed E-state index contributed by atoms with van der Waals surface area (Å²) in [7, 11) is 0. The molecule has 1 aliphatic heterocycles. The fraction of sp³-hybridized carbons (Fsp3) is 0.846. The highest BCUT2D eigenvalue weighted by Gasteiger charge is 2.14. The van der Waals surface area contributed by atoms with Crippen LogP contribution in [0.3, 0.4) is 0 Å². The van der Waals surface area contributed by atoms with Gasteiger partial charge in [-0.05, 0) is 39.3 Å². The maximum absolute atomic E-state index is 8.77. The third-order valence-electron chi connectivity index (χ3n) is 3.49. The molecule has 1 fully saturated rings. The SMILES string of the molecule is CC(CN1CCCC1)NCc1cn(CCCO)nn1. The summed E-state index contributed by atoms with van der Waals surface area (Å²) in [6.45, 7) is 7.49. The van der Waals surface area contributed by atoms with Gasteiger partial charge in [-0.2, -0.15) is 0 Å². The predicted molar refractivity (Wildman–Crippen MR) is 73.7 cm³/mol. The van der Waals surface area contributed by atoms with Gasteiger partial charge in [-0.25, -0.2) is 0 Å². The van der Waals surface area contributed by atoms with E-state index in [-0.39, 0.29) is 6.61 Å². The number of hydrogen-bond donors (Lipinski definition) is 2. The second-order valence-corrected chi connectivity index (χ2v) is 5.34. The molecule has 1 aliphatic rings. The quantitative estimate of drug-likeness (QED) is 0.706. The molecule has 2 heterocycles. The number of aryl methyl sites for hydroxylation is 1. The molecule has 0 aromatic carbocycles. The maximum atomic E-state index is 8.77. The van der Waals surface area contributed by atoms with Crippen LogP contribution in [-0.4, -0.2) is 57.3 Å². The first-order valence-electron chi connectivity index (χ1n) is 7.23. The van der Waals surface area contributed by atoms with E-state index in [1.807, 2.05) is 6.20 Å². The lowest BCUT2D eigenvalue weighted by Crippen LogP contribution is -2.37. The summed E-state index contributed by atoms with van der Waals surface area (Å²) >= 11 is 0. The first-order chi connectivity index (χ1) is 9.28. The summed E-state index contributed by atoms with van der Waals surface area (Å²) < 4.78 is 1.79. The molecular formula is C13H25N5O. The molecule has 1 aromatic rings. The van der Waals surface area contributed by atoms with Crippen LogP contribution in [0.4, 0.5) is 0 Å². The van der Waals surface area contributed by atoms with Crippen LogP contribution >= 0.6 is 0 Å². The van der Waals surface area contributed by atoms with Crippen molar-refractivity contribution in [2.24, 2.45) is 0 Å². The fourth-order valence-electron chi connectivity index (χ4n) is 2.46. The molecule has 19 heavy (non-hydrogen) atoms. The normalized spacial score (nSPS) is 18.0. The Labute approximate surface area is 114 Å². The lowest BCUT2D eigenvalue weighted by atomic mass is 10.3. The summed E-state index contributed by atoms with van der Waals surface area (Å²) in [5.74, 6) is 0. The van der Waals surface area contributed by atoms with Crippen molar-refractivity contribution in [3.8, 4) is 0 Å². The lowest BCUT2D eigenvalue weighted by molar-refractivity contribution is 0.276. The zero-order valence-corrected chi connectivity index (χ0v) is 11.8. The number of aliphatic hydroxyl groups is 1. The topological polar surface area (TPSA) is 66.2 Å². The Morgan fingerprint density at radius 3 is 2.95 bits per heavy atom. The third-order valence-corrected chi connectivity index (χ3v) is 3.49. The smallest absolute Gasteiger partial charge is 0.0964 e. The molecule has 0 spiro atoms. The second kappa shape index (κ2) is 7.57. The Morgan fingerprint density at radius 2 is 2.21 bits per heavy atom. The maximum Gasteiger partial charge on any atom is 0.0964 e. The van der Waals surface area contributed by atoms with Crippen LogP contribution in [0.1, 0.15) is 31.9 Å². The Hall–Kier alpha value is -0.980. The molecule has 6 nitrogen and oxygen atoms in total. The van der Waals surface area contributed by atoms with Gasteiger partial charge in [0.05, 0.1) is 5.69 Å². The fourth-order valence-corrected chi connectivity index (χ4v) is 2.46. The van der Waals surface area contributed by atoms with Crippen LogP contribution in [-0.2, 0) is 13.1 Å². The average Bonchev–Trinajstić information content (AvgIpc) is 3.05. The number of hydrogen-bond acceptors (Lipinski definition) is 5. The number of nitrogens with zero attached hydrogens (tertiary/aromatic N) is 4. The van der Waals surface area contributed by atoms with Crippen molar-refractivity contribution in [3.63, 3.8) is 0 Å². The number of likely N-dealkylation sites (tertiary alicyclic amines) is 1. The van der Waals surface area contributed by atoms with Crippen molar-refractivity contribution in [3.05, 3.63) is 11.9 Å². The van der Waals surface area contributed by atoms with Gasteiger partial charge in [0.2, 0.25) is 0 Å². The first-order valence-corrected chi connectivity index (χ1v) is 7.23. The van der Waals surface area contributed by atoms with Gasteiger partial charge in [0, 0.05) is 38.5 Å². The van der Waals surface area contributed by atoms with E-state index in [2.05, 4.69) is 27.5 Å². The molecule has 0 bridgehead atoms. The molecule has 0 amide bonds. The molecule has 6 heteroatoms. The summed E-state index contributed by atoms with van der Waals surface area (Å²) in [4.78, 5) is 2.51. The molecule has 1 atom stereocenters. The van der Waals surface area contributed by atoms with Crippen molar-refractivity contribution in [1.82, 2.24) is 25.2 Å². The zero-order valence-electron chi connectivity index (χ0n) is 11.8. The van der Waals surface area contributed by atoms with Gasteiger partial charge in [-0.15, -0.1) is 5.10 Å². The van der Waals surface area contributed by atoms with Gasteiger partial charge < -0.3 is 15.3 Å². The van der Waals surface area contributed by atoms with Crippen LogP contribution in [0.15, 0.2) is 6.20 Å². The van der Waals surface area contributed by atoms with E-state index >= 15 is 0 Å². The highest BCUT2D eigenvalue weighted by atomic mass is 16.3. The molecule has 0 aliphatic carbocycles. The molecule has 0 saturated carbocycles. The van der Waals surface area contributed by atoms with Gasteiger partial charge in [-0.1, -0.05) is 5.21 Å². The molecule has 1 unspecified atom stereocenters. The highest BCUT2D eigenvalue weighted by molar-refractivity contribution is 4.92. The molecule has 1 aromatic heterocycles. The Morgan fingerprint density at radius 1 is 1.42 bits per heavy atom.